The molecule has 0 radical (unpaired) electrons. The zero-order valence-corrected chi connectivity index (χ0v) is 9.72. The highest BCUT2D eigenvalue weighted by Gasteiger charge is 2.16. The van der Waals surface area contributed by atoms with E-state index in [1.807, 2.05) is 6.92 Å². The van der Waals surface area contributed by atoms with Crippen LogP contribution in [0.2, 0.25) is 0 Å². The number of rotatable bonds is 7. The van der Waals surface area contributed by atoms with E-state index in [1.165, 1.54) is 0 Å². The summed E-state index contributed by atoms with van der Waals surface area (Å²) in [5.74, 6) is -0.811. The molecule has 0 spiro atoms. The van der Waals surface area contributed by atoms with Gasteiger partial charge in [-0.05, 0) is 13.0 Å². The monoisotopic (exact) mass is 239 g/mol. The number of carboxylic acids is 1. The molecule has 1 atom stereocenters. The SMILES string of the molecule is CCOC[C@H](NCc1ccccc1O)C(=O)O. The lowest BCUT2D eigenvalue weighted by Crippen LogP contribution is -2.40. The first-order chi connectivity index (χ1) is 8.15. The van der Waals surface area contributed by atoms with Gasteiger partial charge in [0, 0.05) is 18.7 Å². The molecule has 1 aromatic rings. The maximum atomic E-state index is 10.9. The van der Waals surface area contributed by atoms with E-state index in [9.17, 15) is 9.90 Å². The standard InChI is InChI=1S/C12H17NO4/c1-2-17-8-10(12(15)16)13-7-9-5-3-4-6-11(9)14/h3-6,10,13-14H,2,7-8H2,1H3,(H,15,16)/t10-/m0/s1. The Labute approximate surface area is 100 Å². The third-order valence-corrected chi connectivity index (χ3v) is 2.32. The Morgan fingerprint density at radius 3 is 2.76 bits per heavy atom. The van der Waals surface area contributed by atoms with Gasteiger partial charge in [-0.3, -0.25) is 10.1 Å². The molecule has 0 heterocycles. The van der Waals surface area contributed by atoms with E-state index >= 15 is 0 Å². The predicted octanol–water partition coefficient (Wildman–Crippen LogP) is 0.972. The number of aromatic hydroxyl groups is 1. The summed E-state index contributed by atoms with van der Waals surface area (Å²) in [5, 5.41) is 21.3. The minimum absolute atomic E-state index is 0.111. The van der Waals surface area contributed by atoms with Gasteiger partial charge in [0.2, 0.25) is 0 Å². The number of hydrogen-bond donors (Lipinski definition) is 3. The van der Waals surface area contributed by atoms with Gasteiger partial charge in [-0.15, -0.1) is 0 Å². The molecule has 17 heavy (non-hydrogen) atoms. The first-order valence-corrected chi connectivity index (χ1v) is 5.46. The predicted molar refractivity (Wildman–Crippen MR) is 62.9 cm³/mol. The van der Waals surface area contributed by atoms with Crippen LogP contribution in [0.4, 0.5) is 0 Å². The van der Waals surface area contributed by atoms with Crippen molar-refractivity contribution in [2.75, 3.05) is 13.2 Å². The van der Waals surface area contributed by atoms with Crippen molar-refractivity contribution in [3.05, 3.63) is 29.8 Å². The molecule has 0 bridgehead atoms. The zero-order valence-electron chi connectivity index (χ0n) is 9.72. The number of ether oxygens (including phenoxy) is 1. The molecule has 94 valence electrons. The molecule has 0 unspecified atom stereocenters. The van der Waals surface area contributed by atoms with Crippen molar-refractivity contribution in [1.82, 2.24) is 5.32 Å². The van der Waals surface area contributed by atoms with E-state index in [4.69, 9.17) is 9.84 Å². The zero-order chi connectivity index (χ0) is 12.7. The van der Waals surface area contributed by atoms with E-state index < -0.39 is 12.0 Å². The smallest absolute Gasteiger partial charge is 0.323 e. The van der Waals surface area contributed by atoms with Crippen molar-refractivity contribution in [3.8, 4) is 5.75 Å². The number of para-hydroxylation sites is 1. The van der Waals surface area contributed by atoms with E-state index in [2.05, 4.69) is 5.32 Å². The van der Waals surface area contributed by atoms with E-state index in [0.29, 0.717) is 12.2 Å². The molecule has 0 aromatic heterocycles. The lowest BCUT2D eigenvalue weighted by Gasteiger charge is -2.14. The number of carbonyl (C=O) groups is 1. The molecule has 5 nitrogen and oxygen atoms in total. The van der Waals surface area contributed by atoms with Crippen LogP contribution in [0.1, 0.15) is 12.5 Å². The number of phenols is 1. The Balaban J connectivity index is 2.52. The summed E-state index contributed by atoms with van der Waals surface area (Å²) in [4.78, 5) is 10.9. The first kappa shape index (κ1) is 13.5. The molecule has 0 fully saturated rings. The topological polar surface area (TPSA) is 78.8 Å². The van der Waals surface area contributed by atoms with Crippen molar-refractivity contribution >= 4 is 5.97 Å². The molecule has 0 saturated heterocycles. The summed E-state index contributed by atoms with van der Waals surface area (Å²) >= 11 is 0. The maximum Gasteiger partial charge on any atom is 0.323 e. The normalized spacial score (nSPS) is 12.3. The summed E-state index contributed by atoms with van der Waals surface area (Å²) in [6.07, 6.45) is 0. The fraction of sp³-hybridized carbons (Fsp3) is 0.417. The maximum absolute atomic E-state index is 10.9. The second kappa shape index (κ2) is 6.88. The largest absolute Gasteiger partial charge is 0.508 e. The highest BCUT2D eigenvalue weighted by molar-refractivity contribution is 5.73. The molecule has 0 amide bonds. The number of benzene rings is 1. The van der Waals surface area contributed by atoms with Crippen LogP contribution in [0, 0.1) is 0 Å². The van der Waals surface area contributed by atoms with E-state index in [1.54, 1.807) is 24.3 Å². The summed E-state index contributed by atoms with van der Waals surface area (Å²) in [7, 11) is 0. The molecule has 0 aliphatic carbocycles. The quantitative estimate of drug-likeness (QED) is 0.661. The number of nitrogens with one attached hydrogen (secondary N) is 1. The molecule has 0 saturated carbocycles. The van der Waals surface area contributed by atoms with Gasteiger partial charge in [-0.2, -0.15) is 0 Å². The van der Waals surface area contributed by atoms with Crippen LogP contribution in [-0.4, -0.2) is 35.4 Å². The highest BCUT2D eigenvalue weighted by Crippen LogP contribution is 2.15. The third-order valence-electron chi connectivity index (χ3n) is 2.32. The fourth-order valence-corrected chi connectivity index (χ4v) is 1.35. The van der Waals surface area contributed by atoms with Crippen LogP contribution < -0.4 is 5.32 Å². The van der Waals surface area contributed by atoms with Gasteiger partial charge in [0.15, 0.2) is 0 Å². The van der Waals surface area contributed by atoms with E-state index in [0.717, 1.165) is 0 Å². The van der Waals surface area contributed by atoms with Crippen molar-refractivity contribution in [2.45, 2.75) is 19.5 Å². The second-order valence-electron chi connectivity index (χ2n) is 3.56. The van der Waals surface area contributed by atoms with E-state index in [-0.39, 0.29) is 18.9 Å². The summed E-state index contributed by atoms with van der Waals surface area (Å²) in [5.41, 5.74) is 0.662. The van der Waals surface area contributed by atoms with Crippen LogP contribution >= 0.6 is 0 Å². The van der Waals surface area contributed by atoms with Crippen molar-refractivity contribution in [1.29, 1.82) is 0 Å². The molecule has 0 aliphatic rings. The van der Waals surface area contributed by atoms with Crippen LogP contribution in [0.3, 0.4) is 0 Å². The molecule has 3 N–H and O–H groups in total. The lowest BCUT2D eigenvalue weighted by atomic mass is 10.2. The molecular weight excluding hydrogens is 222 g/mol. The Morgan fingerprint density at radius 1 is 1.47 bits per heavy atom. The van der Waals surface area contributed by atoms with Gasteiger partial charge in [-0.1, -0.05) is 18.2 Å². The Bertz CT molecular complexity index is 367. The summed E-state index contributed by atoms with van der Waals surface area (Å²) < 4.78 is 5.07. The van der Waals surface area contributed by atoms with Crippen molar-refractivity contribution in [3.63, 3.8) is 0 Å². The van der Waals surface area contributed by atoms with Crippen molar-refractivity contribution < 1.29 is 19.7 Å². The molecular formula is C12H17NO4. The Hall–Kier alpha value is -1.59. The van der Waals surface area contributed by atoms with Gasteiger partial charge in [0.1, 0.15) is 11.8 Å². The summed E-state index contributed by atoms with van der Waals surface area (Å²) in [6, 6.07) is 6.04. The van der Waals surface area contributed by atoms with Gasteiger partial charge >= 0.3 is 5.97 Å². The average molecular weight is 239 g/mol. The van der Waals surface area contributed by atoms with Gasteiger partial charge in [-0.25, -0.2) is 0 Å². The minimum atomic E-state index is -0.964. The third kappa shape index (κ3) is 4.42. The van der Waals surface area contributed by atoms with Gasteiger partial charge in [0.05, 0.1) is 6.61 Å². The van der Waals surface area contributed by atoms with Crippen LogP contribution in [-0.2, 0) is 16.1 Å². The molecule has 0 aliphatic heterocycles. The molecule has 1 rings (SSSR count). The Morgan fingerprint density at radius 2 is 2.18 bits per heavy atom. The van der Waals surface area contributed by atoms with Crippen LogP contribution in [0.5, 0.6) is 5.75 Å². The number of aliphatic carboxylic acids is 1. The first-order valence-electron chi connectivity index (χ1n) is 5.46. The van der Waals surface area contributed by atoms with Crippen LogP contribution in [0.15, 0.2) is 24.3 Å². The Kier molecular flexibility index (Phi) is 5.45. The van der Waals surface area contributed by atoms with Crippen molar-refractivity contribution in [2.24, 2.45) is 0 Å². The fourth-order valence-electron chi connectivity index (χ4n) is 1.35. The molecule has 5 heteroatoms. The average Bonchev–Trinajstić information content (AvgIpc) is 2.31. The van der Waals surface area contributed by atoms with Gasteiger partial charge < -0.3 is 14.9 Å². The molecule has 1 aromatic carbocycles. The number of carboxylic acid groups (broad SMARTS) is 1. The highest BCUT2D eigenvalue weighted by atomic mass is 16.5. The van der Waals surface area contributed by atoms with Crippen LogP contribution in [0.25, 0.3) is 0 Å². The number of hydrogen-bond acceptors (Lipinski definition) is 4. The second-order valence-corrected chi connectivity index (χ2v) is 3.56. The number of phenolic OH excluding ortho intramolecular Hbond substituents is 1. The van der Waals surface area contributed by atoms with Gasteiger partial charge in [0.25, 0.3) is 0 Å². The lowest BCUT2D eigenvalue weighted by molar-refractivity contribution is -0.141. The summed E-state index contributed by atoms with van der Waals surface area (Å²) in [6.45, 7) is 2.68. The minimum Gasteiger partial charge on any atom is -0.508 e.